The summed E-state index contributed by atoms with van der Waals surface area (Å²) in [5.74, 6) is -0.596. The number of carbonyl (C=O) groups excluding carboxylic acids is 3. The van der Waals surface area contributed by atoms with Gasteiger partial charge in [-0.3, -0.25) is 19.2 Å². The molecule has 3 radical (unpaired) electrons. The maximum atomic E-state index is 11.6. The van der Waals surface area contributed by atoms with Crippen molar-refractivity contribution in [3.05, 3.63) is 0 Å². The van der Waals surface area contributed by atoms with Gasteiger partial charge in [0.15, 0.2) is 0 Å². The first-order chi connectivity index (χ1) is 22.6. The van der Waals surface area contributed by atoms with E-state index in [1.807, 2.05) is 41.5 Å². The first-order valence-corrected chi connectivity index (χ1v) is 17.1. The number of thiol groups is 1. The second kappa shape index (κ2) is 25.2. The second-order valence-corrected chi connectivity index (χ2v) is 14.0. The van der Waals surface area contributed by atoms with Gasteiger partial charge in [0.2, 0.25) is 6.29 Å². The third-order valence-corrected chi connectivity index (χ3v) is 7.81. The Morgan fingerprint density at radius 1 is 0.771 bits per heavy atom. The topological polar surface area (TPSA) is 173 Å². The number of esters is 2. The normalized spacial score (nSPS) is 24.9. The van der Waals surface area contributed by atoms with E-state index in [1.54, 1.807) is 6.26 Å². The number of carbonyl (C=O) groups is 4. The molecule has 0 saturated heterocycles. The summed E-state index contributed by atoms with van der Waals surface area (Å²) in [5, 5.41) is 26.8. The second-order valence-electron chi connectivity index (χ2n) is 14.0. The fourth-order valence-corrected chi connectivity index (χ4v) is 5.72. The highest BCUT2D eigenvalue weighted by Crippen LogP contribution is 2.35. The van der Waals surface area contributed by atoms with Crippen LogP contribution >= 0.6 is 12.6 Å². The summed E-state index contributed by atoms with van der Waals surface area (Å²) in [6.07, 6.45) is 5.72. The number of carboxylic acid groups (broad SMARTS) is 1. The lowest BCUT2D eigenvalue weighted by Gasteiger charge is -2.22. The molecule has 0 aromatic heterocycles. The van der Waals surface area contributed by atoms with Gasteiger partial charge in [0.1, 0.15) is 11.2 Å². The SMILES string of the molecule is CC(C)(C)OC(=O)CC1CCCC1C(=O)O.CC(C)(C)OC(=O)CC1CCCC1CO.CS.NC1CCCC1CO.O=CC(F)(F)F.[2HH].[2H][2H].[B]. The minimum atomic E-state index is -4.64. The predicted molar refractivity (Wildman–Crippen MR) is 187 cm³/mol. The highest BCUT2D eigenvalue weighted by Gasteiger charge is 2.35. The van der Waals surface area contributed by atoms with Crippen molar-refractivity contribution in [1.29, 1.82) is 0 Å². The maximum absolute atomic E-state index is 11.6. The standard InChI is InChI=1S/C12H20O4.C12H22O3.C6H13NO.C2HF3O.CH4S.B.2H2/c1-12(2,3)16-10(13)7-8-5-4-6-9(8)11(14)15;1-12(2,3)15-11(14)7-9-5-4-6-10(9)8-13;7-6-3-1-2-5(6)4-8;3-2(4,5)1-6;1-2;;;/h8-9H,4-7H2,1-3H3,(H,14,15);9-10,13H,4-8H2,1-3H3;5-6,8H,1-4,7H2;1H;2H,1H3;;2*1H/i;;;;;;1+1D;1+1. The van der Waals surface area contributed by atoms with Gasteiger partial charge in [0.25, 0.3) is 0 Å². The summed E-state index contributed by atoms with van der Waals surface area (Å²) < 4.78 is 51.7. The smallest absolute Gasteiger partial charge is 0.446 e. The Labute approximate surface area is 297 Å². The number of aliphatic hydroxyl groups is 2. The molecule has 0 bridgehead atoms. The third-order valence-electron chi connectivity index (χ3n) is 7.81. The van der Waals surface area contributed by atoms with Crippen molar-refractivity contribution in [2.45, 2.75) is 136 Å². The number of carboxylic acids is 1. The van der Waals surface area contributed by atoms with Crippen molar-refractivity contribution in [1.82, 2.24) is 0 Å². The Morgan fingerprint density at radius 3 is 1.46 bits per heavy atom. The van der Waals surface area contributed by atoms with Gasteiger partial charge < -0.3 is 30.5 Å². The number of aliphatic hydroxyl groups excluding tert-OH is 2. The molecule has 0 aromatic rings. The molecule has 0 aromatic carbocycles. The molecule has 3 aliphatic carbocycles. The highest BCUT2D eigenvalue weighted by atomic mass is 32.1. The number of halogens is 3. The Balaban J connectivity index is -0.000000186. The van der Waals surface area contributed by atoms with Crippen LogP contribution in [0.15, 0.2) is 0 Å². The quantitative estimate of drug-likeness (QED) is 0.0928. The Hall–Kier alpha value is -1.84. The molecule has 15 heteroatoms. The number of rotatable bonds is 7. The van der Waals surface area contributed by atoms with Crippen molar-refractivity contribution in [2.75, 3.05) is 19.5 Å². The fraction of sp³-hybridized carbons (Fsp3) is 0.879. The summed E-state index contributed by atoms with van der Waals surface area (Å²) in [7, 11) is 0. The van der Waals surface area contributed by atoms with Crippen LogP contribution in [0.2, 0.25) is 0 Å². The van der Waals surface area contributed by atoms with E-state index >= 15 is 0 Å². The lowest BCUT2D eigenvalue weighted by Crippen LogP contribution is -2.27. The molecule has 5 N–H and O–H groups in total. The lowest BCUT2D eigenvalue weighted by atomic mass is 9.93. The zero-order chi connectivity index (χ0) is 39.0. The van der Waals surface area contributed by atoms with Crippen LogP contribution in [0.1, 0.15) is 117 Å². The van der Waals surface area contributed by atoms with E-state index in [1.165, 1.54) is 6.42 Å². The molecule has 6 atom stereocenters. The zero-order valence-corrected chi connectivity index (χ0v) is 30.7. The monoisotopic (exact) mass is 721 g/mol. The summed E-state index contributed by atoms with van der Waals surface area (Å²) in [6, 6.07) is 0.278. The van der Waals surface area contributed by atoms with Gasteiger partial charge in [0.05, 0.1) is 5.92 Å². The summed E-state index contributed by atoms with van der Waals surface area (Å²) in [5.41, 5.74) is 4.74. The van der Waals surface area contributed by atoms with E-state index in [0.29, 0.717) is 30.6 Å². The van der Waals surface area contributed by atoms with Crippen molar-refractivity contribution in [3.8, 4) is 0 Å². The first-order valence-electron chi connectivity index (χ1n) is 17.2. The van der Waals surface area contributed by atoms with E-state index in [2.05, 4.69) is 12.6 Å². The fourth-order valence-electron chi connectivity index (χ4n) is 5.72. The number of alkyl halides is 3. The summed E-state index contributed by atoms with van der Waals surface area (Å²) in [4.78, 5) is 42.8. The largest absolute Gasteiger partial charge is 0.481 e. The Bertz CT molecular complexity index is 931. The van der Waals surface area contributed by atoms with Crippen LogP contribution in [-0.4, -0.2) is 90.8 Å². The van der Waals surface area contributed by atoms with Gasteiger partial charge in [-0.1, -0.05) is 19.3 Å². The maximum Gasteiger partial charge on any atom is 0.446 e. The number of ether oxygens (including phenoxy) is 2. The number of nitrogens with two attached hydrogens (primary N) is 1. The molecular formula is C33H64BF3NO9S. The number of hydrogen-bond donors (Lipinski definition) is 5. The number of hydrogen-bond acceptors (Lipinski definition) is 10. The Kier molecular flexibility index (Phi) is 25.3. The molecule has 3 aliphatic rings. The van der Waals surface area contributed by atoms with E-state index < -0.39 is 29.6 Å². The third kappa shape index (κ3) is 25.2. The van der Waals surface area contributed by atoms with Crippen LogP contribution in [0, 0.1) is 29.6 Å². The van der Waals surface area contributed by atoms with Gasteiger partial charge in [0, 0.05) is 44.9 Å². The Morgan fingerprint density at radius 2 is 1.12 bits per heavy atom. The van der Waals surface area contributed by atoms with Gasteiger partial charge in [-0.2, -0.15) is 25.8 Å². The number of aliphatic carboxylic acids is 1. The molecule has 6 unspecified atom stereocenters. The molecule has 3 saturated carbocycles. The summed E-state index contributed by atoms with van der Waals surface area (Å²) >= 11 is 3.53. The van der Waals surface area contributed by atoms with Crippen LogP contribution in [0.4, 0.5) is 13.2 Å². The van der Waals surface area contributed by atoms with Gasteiger partial charge in [-0.25, -0.2) is 0 Å². The molecule has 10 nitrogen and oxygen atoms in total. The van der Waals surface area contributed by atoms with E-state index in [-0.39, 0.29) is 59.3 Å². The molecule has 3 rings (SSSR count). The van der Waals surface area contributed by atoms with Crippen LogP contribution in [0.25, 0.3) is 0 Å². The minimum absolute atomic E-state index is 0. The van der Waals surface area contributed by atoms with Crippen LogP contribution in [0.3, 0.4) is 0 Å². The van der Waals surface area contributed by atoms with E-state index in [0.717, 1.165) is 44.9 Å². The molecule has 285 valence electrons. The van der Waals surface area contributed by atoms with Gasteiger partial charge in [-0.15, -0.1) is 0 Å². The number of aldehydes is 1. The lowest BCUT2D eigenvalue weighted by molar-refractivity contribution is -0.158. The predicted octanol–water partition coefficient (Wildman–Crippen LogP) is 5.86. The molecule has 48 heavy (non-hydrogen) atoms. The zero-order valence-electron chi connectivity index (χ0n) is 31.8. The van der Waals surface area contributed by atoms with Crippen molar-refractivity contribution in [3.63, 3.8) is 0 Å². The molecule has 0 aliphatic heterocycles. The first kappa shape index (κ1) is 48.3. The molecule has 3 fully saturated rings. The van der Waals surface area contributed by atoms with Crippen LogP contribution in [0.5, 0.6) is 0 Å². The van der Waals surface area contributed by atoms with E-state index in [9.17, 15) is 27.6 Å². The van der Waals surface area contributed by atoms with Crippen molar-refractivity contribution in [2.24, 2.45) is 35.3 Å². The van der Waals surface area contributed by atoms with Crippen molar-refractivity contribution >= 4 is 45.2 Å². The van der Waals surface area contributed by atoms with Gasteiger partial charge >= 0.3 is 24.1 Å². The highest BCUT2D eigenvalue weighted by molar-refractivity contribution is 7.79. The molecule has 0 amide bonds. The van der Waals surface area contributed by atoms with E-state index in [4.69, 9.17) is 38.3 Å². The molecular weight excluding hydrogens is 654 g/mol. The van der Waals surface area contributed by atoms with Gasteiger partial charge in [-0.05, 0) is 110 Å². The van der Waals surface area contributed by atoms with Crippen molar-refractivity contribution < 1.29 is 61.5 Å². The van der Waals surface area contributed by atoms with Crippen LogP contribution < -0.4 is 5.73 Å². The molecule has 0 spiro atoms. The average molecular weight is 722 g/mol. The minimum Gasteiger partial charge on any atom is -0.481 e. The average Bonchev–Trinajstić information content (AvgIpc) is 3.75. The molecule has 0 heterocycles. The summed E-state index contributed by atoms with van der Waals surface area (Å²) in [6.45, 7) is 11.6. The van der Waals surface area contributed by atoms with Crippen LogP contribution in [-0.2, 0) is 28.7 Å².